The predicted octanol–water partition coefficient (Wildman–Crippen LogP) is 2.03. The van der Waals surface area contributed by atoms with Crippen LogP contribution in [0.3, 0.4) is 0 Å². The third-order valence-corrected chi connectivity index (χ3v) is 4.48. The lowest BCUT2D eigenvalue weighted by atomic mass is 9.97. The van der Waals surface area contributed by atoms with Crippen molar-refractivity contribution in [3.8, 4) is 0 Å². The second kappa shape index (κ2) is 5.13. The van der Waals surface area contributed by atoms with Gasteiger partial charge in [0.1, 0.15) is 11.6 Å². The Morgan fingerprint density at radius 2 is 1.90 bits per heavy atom. The smallest absolute Gasteiger partial charge is 0.251 e. The molecule has 5 heteroatoms. The van der Waals surface area contributed by atoms with Gasteiger partial charge in [-0.15, -0.1) is 0 Å². The maximum atomic E-state index is 13.1. The third kappa shape index (κ3) is 2.54. The number of fused-ring (bicyclic) bond motifs is 1. The van der Waals surface area contributed by atoms with Crippen molar-refractivity contribution < 1.29 is 13.6 Å². The largest absolute Gasteiger partial charge is 0.349 e. The fourth-order valence-electron chi connectivity index (χ4n) is 3.60. The van der Waals surface area contributed by atoms with Gasteiger partial charge in [0.15, 0.2) is 0 Å². The maximum Gasteiger partial charge on any atom is 0.251 e. The molecule has 3 rings (SSSR count). The van der Waals surface area contributed by atoms with Crippen molar-refractivity contribution in [1.82, 2.24) is 10.2 Å². The number of carbonyl (C=O) groups is 1. The molecule has 1 aliphatic heterocycles. The van der Waals surface area contributed by atoms with Crippen LogP contribution in [0.5, 0.6) is 0 Å². The van der Waals surface area contributed by atoms with E-state index in [1.165, 1.54) is 0 Å². The molecule has 3 unspecified atom stereocenters. The Morgan fingerprint density at radius 1 is 1.20 bits per heavy atom. The lowest BCUT2D eigenvalue weighted by Gasteiger charge is -2.20. The number of carbonyl (C=O) groups excluding carboxylic acids is 1. The Morgan fingerprint density at radius 3 is 2.60 bits per heavy atom. The lowest BCUT2D eigenvalue weighted by molar-refractivity contribution is 0.0925. The number of rotatable bonds is 2. The van der Waals surface area contributed by atoms with E-state index in [-0.39, 0.29) is 17.5 Å². The fourth-order valence-corrected chi connectivity index (χ4v) is 3.60. The number of nitrogens with zero attached hydrogens (tertiary/aromatic N) is 1. The van der Waals surface area contributed by atoms with Crippen molar-refractivity contribution in [2.45, 2.75) is 18.9 Å². The van der Waals surface area contributed by atoms with Gasteiger partial charge in [0.25, 0.3) is 5.91 Å². The van der Waals surface area contributed by atoms with Crippen LogP contribution in [0.4, 0.5) is 8.78 Å². The molecule has 2 fully saturated rings. The standard InChI is InChI=1S/C15H18F2N2O/c1-19-7-9-2-3-14(13(9)8-19)18-15(20)10-4-11(16)6-12(17)5-10/h4-6,9,13-14H,2-3,7-8H2,1H3,(H,18,20). The highest BCUT2D eigenvalue weighted by Crippen LogP contribution is 2.37. The third-order valence-electron chi connectivity index (χ3n) is 4.48. The Hall–Kier alpha value is -1.49. The van der Waals surface area contributed by atoms with E-state index >= 15 is 0 Å². The number of halogens is 2. The number of hydrogen-bond acceptors (Lipinski definition) is 2. The van der Waals surface area contributed by atoms with E-state index in [0.29, 0.717) is 11.8 Å². The highest BCUT2D eigenvalue weighted by molar-refractivity contribution is 5.94. The van der Waals surface area contributed by atoms with Gasteiger partial charge < -0.3 is 10.2 Å². The van der Waals surface area contributed by atoms with Crippen molar-refractivity contribution in [2.24, 2.45) is 11.8 Å². The summed E-state index contributed by atoms with van der Waals surface area (Å²) < 4.78 is 26.3. The molecule has 3 nitrogen and oxygen atoms in total. The molecular formula is C15H18F2N2O. The number of benzene rings is 1. The second-order valence-corrected chi connectivity index (χ2v) is 5.96. The summed E-state index contributed by atoms with van der Waals surface area (Å²) in [6, 6.07) is 3.04. The molecule has 1 heterocycles. The Balaban J connectivity index is 1.70. The highest BCUT2D eigenvalue weighted by atomic mass is 19.1. The van der Waals surface area contributed by atoms with E-state index < -0.39 is 11.6 Å². The second-order valence-electron chi connectivity index (χ2n) is 5.96. The van der Waals surface area contributed by atoms with Gasteiger partial charge in [-0.05, 0) is 43.9 Å². The monoisotopic (exact) mass is 280 g/mol. The van der Waals surface area contributed by atoms with Crippen LogP contribution in [-0.2, 0) is 0 Å². The topological polar surface area (TPSA) is 32.3 Å². The average molecular weight is 280 g/mol. The Labute approximate surface area is 117 Å². The molecule has 0 bridgehead atoms. The first-order valence-corrected chi connectivity index (χ1v) is 6.98. The van der Waals surface area contributed by atoms with E-state index in [1.54, 1.807) is 0 Å². The summed E-state index contributed by atoms with van der Waals surface area (Å²) in [4.78, 5) is 14.4. The summed E-state index contributed by atoms with van der Waals surface area (Å²) in [6.45, 7) is 2.05. The summed E-state index contributed by atoms with van der Waals surface area (Å²) in [6.07, 6.45) is 2.06. The molecule has 3 atom stereocenters. The molecule has 20 heavy (non-hydrogen) atoms. The van der Waals surface area contributed by atoms with Crippen LogP contribution in [0.2, 0.25) is 0 Å². The predicted molar refractivity (Wildman–Crippen MR) is 71.3 cm³/mol. The van der Waals surface area contributed by atoms with Crippen LogP contribution in [0.1, 0.15) is 23.2 Å². The zero-order valence-electron chi connectivity index (χ0n) is 11.4. The average Bonchev–Trinajstić information content (AvgIpc) is 2.89. The van der Waals surface area contributed by atoms with Crippen LogP contribution in [-0.4, -0.2) is 37.0 Å². The summed E-state index contributed by atoms with van der Waals surface area (Å²) in [5.41, 5.74) is 0.0531. The molecule has 0 spiro atoms. The first-order valence-electron chi connectivity index (χ1n) is 6.98. The lowest BCUT2D eigenvalue weighted by Crippen LogP contribution is -2.39. The van der Waals surface area contributed by atoms with Crippen LogP contribution in [0.15, 0.2) is 18.2 Å². The van der Waals surface area contributed by atoms with Gasteiger partial charge in [-0.25, -0.2) is 8.78 Å². The molecule has 1 N–H and O–H groups in total. The van der Waals surface area contributed by atoms with Gasteiger partial charge >= 0.3 is 0 Å². The number of amides is 1. The van der Waals surface area contributed by atoms with Crippen molar-refractivity contribution in [1.29, 1.82) is 0 Å². The van der Waals surface area contributed by atoms with Gasteiger partial charge in [0, 0.05) is 30.8 Å². The zero-order chi connectivity index (χ0) is 14.3. The van der Waals surface area contributed by atoms with Crippen molar-refractivity contribution in [3.05, 3.63) is 35.4 Å². The summed E-state index contributed by atoms with van der Waals surface area (Å²) in [5.74, 6) is -0.736. The normalized spacial score (nSPS) is 29.4. The molecule has 108 valence electrons. The molecule has 1 aliphatic carbocycles. The minimum atomic E-state index is -0.722. The molecule has 1 aromatic rings. The maximum absolute atomic E-state index is 13.1. The molecule has 1 amide bonds. The Bertz CT molecular complexity index is 514. The molecule has 2 aliphatic rings. The van der Waals surface area contributed by atoms with Gasteiger partial charge in [0.2, 0.25) is 0 Å². The number of nitrogens with one attached hydrogen (secondary N) is 1. The quantitative estimate of drug-likeness (QED) is 0.899. The molecule has 1 saturated heterocycles. The van der Waals surface area contributed by atoms with E-state index in [1.807, 2.05) is 0 Å². The van der Waals surface area contributed by atoms with Crippen LogP contribution < -0.4 is 5.32 Å². The molecule has 1 saturated carbocycles. The van der Waals surface area contributed by atoms with E-state index in [9.17, 15) is 13.6 Å². The van der Waals surface area contributed by atoms with Crippen LogP contribution in [0, 0.1) is 23.5 Å². The van der Waals surface area contributed by atoms with Crippen molar-refractivity contribution in [3.63, 3.8) is 0 Å². The van der Waals surface area contributed by atoms with Crippen molar-refractivity contribution >= 4 is 5.91 Å². The van der Waals surface area contributed by atoms with Gasteiger partial charge in [-0.3, -0.25) is 4.79 Å². The number of likely N-dealkylation sites (tertiary alicyclic amines) is 1. The van der Waals surface area contributed by atoms with E-state index in [2.05, 4.69) is 17.3 Å². The summed E-state index contributed by atoms with van der Waals surface area (Å²) in [5, 5.41) is 2.94. The minimum absolute atomic E-state index is 0.0531. The van der Waals surface area contributed by atoms with Crippen LogP contribution >= 0.6 is 0 Å². The first kappa shape index (κ1) is 13.5. The SMILES string of the molecule is CN1CC2CCC(NC(=O)c3cc(F)cc(F)c3)C2C1. The van der Waals surface area contributed by atoms with Crippen LogP contribution in [0.25, 0.3) is 0 Å². The van der Waals surface area contributed by atoms with Gasteiger partial charge in [0.05, 0.1) is 0 Å². The Kier molecular flexibility index (Phi) is 3.46. The van der Waals surface area contributed by atoms with Gasteiger partial charge in [-0.2, -0.15) is 0 Å². The molecule has 0 radical (unpaired) electrons. The summed E-state index contributed by atoms with van der Waals surface area (Å²) >= 11 is 0. The molecular weight excluding hydrogens is 262 g/mol. The minimum Gasteiger partial charge on any atom is -0.349 e. The summed E-state index contributed by atoms with van der Waals surface area (Å²) in [7, 11) is 2.08. The molecule has 1 aromatic carbocycles. The fraction of sp³-hybridized carbons (Fsp3) is 0.533. The zero-order valence-corrected chi connectivity index (χ0v) is 11.4. The first-order chi connectivity index (χ1) is 9.52. The number of hydrogen-bond donors (Lipinski definition) is 1. The van der Waals surface area contributed by atoms with E-state index in [0.717, 1.165) is 44.1 Å². The van der Waals surface area contributed by atoms with Gasteiger partial charge in [-0.1, -0.05) is 0 Å². The van der Waals surface area contributed by atoms with E-state index in [4.69, 9.17) is 0 Å². The highest BCUT2D eigenvalue weighted by Gasteiger charge is 2.41. The molecule has 0 aromatic heterocycles. The van der Waals surface area contributed by atoms with Crippen molar-refractivity contribution in [2.75, 3.05) is 20.1 Å².